The summed E-state index contributed by atoms with van der Waals surface area (Å²) in [6.07, 6.45) is 0. The van der Waals surface area contributed by atoms with Crippen LogP contribution in [0.15, 0.2) is 52.9 Å². The zero-order valence-electron chi connectivity index (χ0n) is 9.68. The quantitative estimate of drug-likeness (QED) is 0.703. The second-order valence-electron chi connectivity index (χ2n) is 3.90. The van der Waals surface area contributed by atoms with Gasteiger partial charge in [-0.25, -0.2) is 4.39 Å². The van der Waals surface area contributed by atoms with Crippen LogP contribution in [0, 0.1) is 5.82 Å². The minimum atomic E-state index is -0.311. The van der Waals surface area contributed by atoms with Crippen molar-refractivity contribution in [2.45, 2.75) is 0 Å². The fourth-order valence-electron chi connectivity index (χ4n) is 1.68. The van der Waals surface area contributed by atoms with Crippen molar-refractivity contribution in [3.8, 4) is 22.9 Å². The number of rotatable bonds is 2. The van der Waals surface area contributed by atoms with Gasteiger partial charge in [-0.15, -0.1) is 10.2 Å². The second kappa shape index (κ2) is 4.82. The van der Waals surface area contributed by atoms with Crippen molar-refractivity contribution in [2.24, 2.45) is 0 Å². The molecule has 0 fully saturated rings. The van der Waals surface area contributed by atoms with E-state index in [2.05, 4.69) is 10.2 Å². The van der Waals surface area contributed by atoms with Crippen LogP contribution >= 0.6 is 11.6 Å². The number of aromatic nitrogens is 2. The number of halogens is 2. The third kappa shape index (κ3) is 2.35. The predicted molar refractivity (Wildman–Crippen MR) is 70.1 cm³/mol. The van der Waals surface area contributed by atoms with E-state index < -0.39 is 0 Å². The molecule has 0 amide bonds. The van der Waals surface area contributed by atoms with Gasteiger partial charge in [0.25, 0.3) is 0 Å². The Labute approximate surface area is 113 Å². The number of hydrogen-bond donors (Lipinski definition) is 0. The van der Waals surface area contributed by atoms with E-state index in [0.717, 1.165) is 0 Å². The summed E-state index contributed by atoms with van der Waals surface area (Å²) in [6, 6.07) is 13.1. The topological polar surface area (TPSA) is 38.9 Å². The molecule has 0 unspecified atom stereocenters. The van der Waals surface area contributed by atoms with Crippen molar-refractivity contribution >= 4 is 11.6 Å². The summed E-state index contributed by atoms with van der Waals surface area (Å²) in [5, 5.41) is 8.43. The molecule has 1 heterocycles. The Morgan fingerprint density at radius 1 is 0.895 bits per heavy atom. The lowest BCUT2D eigenvalue weighted by molar-refractivity contribution is 0.584. The van der Waals surface area contributed by atoms with Gasteiger partial charge < -0.3 is 4.42 Å². The molecule has 3 rings (SSSR count). The van der Waals surface area contributed by atoms with E-state index in [4.69, 9.17) is 16.0 Å². The maximum absolute atomic E-state index is 12.8. The minimum absolute atomic E-state index is 0.311. The Morgan fingerprint density at radius 2 is 1.58 bits per heavy atom. The van der Waals surface area contributed by atoms with Gasteiger partial charge in [0, 0.05) is 5.56 Å². The molecule has 0 aliphatic carbocycles. The van der Waals surface area contributed by atoms with Gasteiger partial charge in [-0.2, -0.15) is 0 Å². The fourth-order valence-corrected chi connectivity index (χ4v) is 1.89. The summed E-state index contributed by atoms with van der Waals surface area (Å²) >= 11 is 6.06. The molecular formula is C14H8ClFN2O. The Hall–Kier alpha value is -2.20. The first-order valence-electron chi connectivity index (χ1n) is 5.58. The van der Waals surface area contributed by atoms with E-state index in [0.29, 0.717) is 27.9 Å². The predicted octanol–water partition coefficient (Wildman–Crippen LogP) is 4.20. The van der Waals surface area contributed by atoms with Crippen LogP contribution in [0.5, 0.6) is 0 Å². The molecule has 94 valence electrons. The van der Waals surface area contributed by atoms with Crippen molar-refractivity contribution in [3.63, 3.8) is 0 Å². The van der Waals surface area contributed by atoms with Gasteiger partial charge in [-0.05, 0) is 36.4 Å². The highest BCUT2D eigenvalue weighted by molar-refractivity contribution is 6.33. The first-order chi connectivity index (χ1) is 9.24. The van der Waals surface area contributed by atoms with E-state index in [1.807, 2.05) is 12.1 Å². The number of hydrogen-bond acceptors (Lipinski definition) is 3. The van der Waals surface area contributed by atoms with Gasteiger partial charge in [-0.1, -0.05) is 23.7 Å². The molecule has 0 saturated heterocycles. The molecule has 0 atom stereocenters. The highest BCUT2D eigenvalue weighted by Crippen LogP contribution is 2.28. The standard InChI is InChI=1S/C14H8ClFN2O/c15-12-4-2-1-3-11(12)14-18-17-13(19-14)9-5-7-10(16)8-6-9/h1-8H. The smallest absolute Gasteiger partial charge is 0.249 e. The average Bonchev–Trinajstić information content (AvgIpc) is 2.89. The fraction of sp³-hybridized carbons (Fsp3) is 0. The van der Waals surface area contributed by atoms with Crippen LogP contribution in [-0.4, -0.2) is 10.2 Å². The minimum Gasteiger partial charge on any atom is -0.416 e. The summed E-state index contributed by atoms with van der Waals surface area (Å²) in [5.41, 5.74) is 1.33. The third-order valence-electron chi connectivity index (χ3n) is 2.62. The van der Waals surface area contributed by atoms with Crippen LogP contribution in [0.1, 0.15) is 0 Å². The molecular weight excluding hydrogens is 267 g/mol. The lowest BCUT2D eigenvalue weighted by Gasteiger charge is -1.97. The molecule has 0 saturated carbocycles. The lowest BCUT2D eigenvalue weighted by atomic mass is 10.2. The molecule has 3 nitrogen and oxygen atoms in total. The molecule has 0 aliphatic rings. The van der Waals surface area contributed by atoms with Crippen LogP contribution in [0.25, 0.3) is 22.9 Å². The van der Waals surface area contributed by atoms with Crippen LogP contribution in [0.4, 0.5) is 4.39 Å². The van der Waals surface area contributed by atoms with Gasteiger partial charge in [0.15, 0.2) is 0 Å². The average molecular weight is 275 g/mol. The van der Waals surface area contributed by atoms with Gasteiger partial charge >= 0.3 is 0 Å². The molecule has 2 aromatic carbocycles. The highest BCUT2D eigenvalue weighted by atomic mass is 35.5. The Bertz CT molecular complexity index is 709. The van der Waals surface area contributed by atoms with Crippen molar-refractivity contribution in [1.29, 1.82) is 0 Å². The summed E-state index contributed by atoms with van der Waals surface area (Å²) in [4.78, 5) is 0. The summed E-state index contributed by atoms with van der Waals surface area (Å²) in [5.74, 6) is 0.356. The third-order valence-corrected chi connectivity index (χ3v) is 2.95. The van der Waals surface area contributed by atoms with Crippen LogP contribution in [0.2, 0.25) is 5.02 Å². The van der Waals surface area contributed by atoms with Gasteiger partial charge in [0.05, 0.1) is 10.6 Å². The molecule has 0 spiro atoms. The van der Waals surface area contributed by atoms with E-state index >= 15 is 0 Å². The maximum Gasteiger partial charge on any atom is 0.249 e. The maximum atomic E-state index is 12.8. The van der Waals surface area contributed by atoms with Crippen LogP contribution in [0.3, 0.4) is 0 Å². The molecule has 1 aromatic heterocycles. The van der Waals surface area contributed by atoms with Crippen molar-refractivity contribution in [3.05, 3.63) is 59.4 Å². The Balaban J connectivity index is 2.00. The van der Waals surface area contributed by atoms with Crippen molar-refractivity contribution in [1.82, 2.24) is 10.2 Å². The van der Waals surface area contributed by atoms with E-state index in [-0.39, 0.29) is 5.82 Å². The van der Waals surface area contributed by atoms with Gasteiger partial charge in [0.1, 0.15) is 5.82 Å². The number of benzene rings is 2. The summed E-state index contributed by atoms with van der Waals surface area (Å²) in [6.45, 7) is 0. The SMILES string of the molecule is Fc1ccc(-c2nnc(-c3ccccc3Cl)o2)cc1. The monoisotopic (exact) mass is 274 g/mol. The van der Waals surface area contributed by atoms with Crippen LogP contribution in [-0.2, 0) is 0 Å². The van der Waals surface area contributed by atoms with Gasteiger partial charge in [0.2, 0.25) is 11.8 Å². The largest absolute Gasteiger partial charge is 0.416 e. The Kier molecular flexibility index (Phi) is 3.01. The molecule has 0 radical (unpaired) electrons. The molecule has 0 bridgehead atoms. The Morgan fingerprint density at radius 3 is 2.32 bits per heavy atom. The van der Waals surface area contributed by atoms with Crippen molar-refractivity contribution in [2.75, 3.05) is 0 Å². The zero-order valence-corrected chi connectivity index (χ0v) is 10.4. The zero-order chi connectivity index (χ0) is 13.2. The summed E-state index contributed by atoms with van der Waals surface area (Å²) in [7, 11) is 0. The molecule has 3 aromatic rings. The van der Waals surface area contributed by atoms with E-state index in [1.165, 1.54) is 12.1 Å². The normalized spacial score (nSPS) is 10.6. The summed E-state index contributed by atoms with van der Waals surface area (Å²) < 4.78 is 18.4. The molecule has 19 heavy (non-hydrogen) atoms. The van der Waals surface area contributed by atoms with Crippen molar-refractivity contribution < 1.29 is 8.81 Å². The second-order valence-corrected chi connectivity index (χ2v) is 4.31. The lowest BCUT2D eigenvalue weighted by Crippen LogP contribution is -1.78. The molecule has 5 heteroatoms. The molecule has 0 aliphatic heterocycles. The first-order valence-corrected chi connectivity index (χ1v) is 5.96. The highest BCUT2D eigenvalue weighted by Gasteiger charge is 2.12. The van der Waals surface area contributed by atoms with E-state index in [9.17, 15) is 4.39 Å². The molecule has 0 N–H and O–H groups in total. The van der Waals surface area contributed by atoms with Crippen LogP contribution < -0.4 is 0 Å². The first kappa shape index (κ1) is 11.9. The van der Waals surface area contributed by atoms with E-state index in [1.54, 1.807) is 24.3 Å². The number of nitrogens with zero attached hydrogens (tertiary/aromatic N) is 2. The van der Waals surface area contributed by atoms with Gasteiger partial charge in [-0.3, -0.25) is 0 Å².